The molecule has 2 aromatic carbocycles. The van der Waals surface area contributed by atoms with Crippen molar-refractivity contribution in [2.24, 2.45) is 16.7 Å². The molecule has 7 nitrogen and oxygen atoms in total. The molecule has 0 radical (unpaired) electrons. The zero-order chi connectivity index (χ0) is 24.2. The summed E-state index contributed by atoms with van der Waals surface area (Å²) in [7, 11) is 0. The number of carbonyl (C=O) groups is 3. The lowest BCUT2D eigenvalue weighted by atomic mass is 9.74. The third kappa shape index (κ3) is 3.51. The Kier molecular flexibility index (Phi) is 5.13. The first-order chi connectivity index (χ1) is 16.9. The third-order valence-corrected chi connectivity index (χ3v) is 8.98. The van der Waals surface area contributed by atoms with Crippen molar-refractivity contribution < 1.29 is 24.2 Å². The maximum absolute atomic E-state index is 13.2. The first kappa shape index (κ1) is 22.1. The van der Waals surface area contributed by atoms with Crippen molar-refractivity contribution in [1.29, 1.82) is 0 Å². The predicted octanol–water partition coefficient (Wildman–Crippen LogP) is 4.06. The number of amides is 2. The Bertz CT molecular complexity index is 1150. The molecule has 182 valence electrons. The molecule has 7 heteroatoms. The molecule has 4 aliphatic carbocycles. The monoisotopic (exact) mass is 474 g/mol. The van der Waals surface area contributed by atoms with Gasteiger partial charge in [0.1, 0.15) is 6.61 Å². The second kappa shape index (κ2) is 8.11. The van der Waals surface area contributed by atoms with E-state index in [4.69, 9.17) is 9.84 Å². The van der Waals surface area contributed by atoms with Gasteiger partial charge in [-0.15, -0.1) is 0 Å². The van der Waals surface area contributed by atoms with Crippen LogP contribution in [0.5, 0.6) is 0 Å². The molecule has 0 bridgehead atoms. The predicted molar refractivity (Wildman–Crippen MR) is 129 cm³/mol. The minimum absolute atomic E-state index is 0.00916. The van der Waals surface area contributed by atoms with E-state index in [9.17, 15) is 14.4 Å². The zero-order valence-electron chi connectivity index (χ0n) is 19.6. The molecule has 0 aliphatic heterocycles. The molecule has 3 fully saturated rings. The molecular formula is C28H30N2O5. The lowest BCUT2D eigenvalue weighted by molar-refractivity contribution is -0.146. The molecule has 2 amide bonds. The Morgan fingerprint density at radius 1 is 0.971 bits per heavy atom. The number of rotatable bonds is 7. The Labute approximate surface area is 204 Å². The van der Waals surface area contributed by atoms with Gasteiger partial charge in [0, 0.05) is 18.5 Å². The van der Waals surface area contributed by atoms with Gasteiger partial charge in [-0.1, -0.05) is 55.0 Å². The van der Waals surface area contributed by atoms with E-state index in [-0.39, 0.29) is 42.4 Å². The van der Waals surface area contributed by atoms with Gasteiger partial charge < -0.3 is 20.5 Å². The number of benzene rings is 2. The standard InChI is InChI=1S/C28H30N2O5/c31-24(32)17-12-18(13-17)30-25(33)28(15-27(28)10-5-11-27)16-29-26(34)35-14-23-21-8-3-1-6-19(21)20-7-2-4-9-22(20)23/h1-4,6-9,17-18,23H,5,10-16H2,(H,29,34)(H,30,33)(H,31,32). The molecule has 0 heterocycles. The van der Waals surface area contributed by atoms with Crippen molar-refractivity contribution in [1.82, 2.24) is 10.6 Å². The van der Waals surface area contributed by atoms with Crippen LogP contribution in [0.1, 0.15) is 55.6 Å². The number of alkyl carbamates (subject to hydrolysis) is 1. The number of hydrogen-bond donors (Lipinski definition) is 3. The molecule has 35 heavy (non-hydrogen) atoms. The Morgan fingerprint density at radius 2 is 1.60 bits per heavy atom. The molecule has 1 unspecified atom stereocenters. The van der Waals surface area contributed by atoms with Crippen LogP contribution >= 0.6 is 0 Å². The van der Waals surface area contributed by atoms with Gasteiger partial charge >= 0.3 is 12.1 Å². The summed E-state index contributed by atoms with van der Waals surface area (Å²) in [5, 5.41) is 15.0. The third-order valence-electron chi connectivity index (χ3n) is 8.98. The number of carboxylic acid groups (broad SMARTS) is 1. The molecule has 2 aromatic rings. The highest BCUT2D eigenvalue weighted by Crippen LogP contribution is 2.73. The van der Waals surface area contributed by atoms with Gasteiger partial charge in [0.05, 0.1) is 11.3 Å². The van der Waals surface area contributed by atoms with E-state index in [2.05, 4.69) is 34.9 Å². The fourth-order valence-corrected chi connectivity index (χ4v) is 6.58. The van der Waals surface area contributed by atoms with Crippen LogP contribution in [-0.2, 0) is 14.3 Å². The smallest absolute Gasteiger partial charge is 0.407 e. The highest BCUT2D eigenvalue weighted by atomic mass is 16.5. The van der Waals surface area contributed by atoms with E-state index in [1.165, 1.54) is 11.1 Å². The van der Waals surface area contributed by atoms with E-state index in [1.54, 1.807) is 0 Å². The van der Waals surface area contributed by atoms with E-state index < -0.39 is 17.5 Å². The fraction of sp³-hybridized carbons (Fsp3) is 0.464. The minimum Gasteiger partial charge on any atom is -0.481 e. The van der Waals surface area contributed by atoms with Gasteiger partial charge in [0.15, 0.2) is 0 Å². The van der Waals surface area contributed by atoms with Crippen molar-refractivity contribution in [2.45, 2.75) is 50.5 Å². The molecule has 1 spiro atoms. The summed E-state index contributed by atoms with van der Waals surface area (Å²) in [6.45, 7) is 0.493. The normalized spacial score (nSPS) is 27.1. The fourth-order valence-electron chi connectivity index (χ4n) is 6.58. The second-order valence-corrected chi connectivity index (χ2v) is 10.7. The van der Waals surface area contributed by atoms with Crippen molar-refractivity contribution >= 4 is 18.0 Å². The summed E-state index contributed by atoms with van der Waals surface area (Å²) >= 11 is 0. The summed E-state index contributed by atoms with van der Waals surface area (Å²) in [6, 6.07) is 16.3. The minimum atomic E-state index is -0.802. The number of ether oxygens (including phenoxy) is 1. The van der Waals surface area contributed by atoms with Crippen LogP contribution in [0.4, 0.5) is 4.79 Å². The molecule has 0 saturated heterocycles. The number of carbonyl (C=O) groups excluding carboxylic acids is 2. The van der Waals surface area contributed by atoms with E-state index in [0.29, 0.717) is 12.8 Å². The highest BCUT2D eigenvalue weighted by Gasteiger charge is 2.73. The molecule has 6 rings (SSSR count). The summed E-state index contributed by atoms with van der Waals surface area (Å²) in [4.78, 5) is 37.0. The van der Waals surface area contributed by atoms with Crippen LogP contribution in [0.25, 0.3) is 11.1 Å². The summed E-state index contributed by atoms with van der Waals surface area (Å²) in [5.74, 6) is -1.23. The van der Waals surface area contributed by atoms with Crippen LogP contribution in [0.3, 0.4) is 0 Å². The van der Waals surface area contributed by atoms with Gasteiger partial charge in [0.25, 0.3) is 0 Å². The van der Waals surface area contributed by atoms with Crippen molar-refractivity contribution in [3.05, 3.63) is 59.7 Å². The van der Waals surface area contributed by atoms with Gasteiger partial charge in [-0.05, 0) is 59.8 Å². The summed E-state index contributed by atoms with van der Waals surface area (Å²) in [6.07, 6.45) is 4.31. The summed E-state index contributed by atoms with van der Waals surface area (Å²) < 4.78 is 5.67. The topological polar surface area (TPSA) is 105 Å². The SMILES string of the molecule is O=C(NCC1(C(=O)NC2CC(C(=O)O)C2)CC12CCC2)OCC1c2ccccc2-c2ccccc21. The van der Waals surface area contributed by atoms with E-state index in [0.717, 1.165) is 36.8 Å². The van der Waals surface area contributed by atoms with Crippen molar-refractivity contribution in [3.63, 3.8) is 0 Å². The van der Waals surface area contributed by atoms with Gasteiger partial charge in [0.2, 0.25) is 5.91 Å². The van der Waals surface area contributed by atoms with Gasteiger partial charge in [-0.2, -0.15) is 0 Å². The lowest BCUT2D eigenvalue weighted by Gasteiger charge is -2.37. The maximum Gasteiger partial charge on any atom is 0.407 e. The largest absolute Gasteiger partial charge is 0.481 e. The van der Waals surface area contributed by atoms with Crippen molar-refractivity contribution in [3.8, 4) is 11.1 Å². The van der Waals surface area contributed by atoms with Crippen molar-refractivity contribution in [2.75, 3.05) is 13.2 Å². The first-order valence-corrected chi connectivity index (χ1v) is 12.6. The molecule has 3 saturated carbocycles. The Hall–Kier alpha value is -3.35. The summed E-state index contributed by atoms with van der Waals surface area (Å²) in [5.41, 5.74) is 4.05. The highest BCUT2D eigenvalue weighted by molar-refractivity contribution is 5.89. The lowest BCUT2D eigenvalue weighted by Crippen LogP contribution is -2.52. The number of aliphatic carboxylic acids is 1. The zero-order valence-corrected chi connectivity index (χ0v) is 19.6. The van der Waals surface area contributed by atoms with Gasteiger partial charge in [-0.25, -0.2) is 4.79 Å². The number of fused-ring (bicyclic) bond motifs is 3. The number of nitrogens with one attached hydrogen (secondary N) is 2. The molecule has 1 atom stereocenters. The number of carboxylic acids is 1. The molecule has 3 N–H and O–H groups in total. The van der Waals surface area contributed by atoms with Crippen LogP contribution in [0, 0.1) is 16.7 Å². The van der Waals surface area contributed by atoms with Gasteiger partial charge in [-0.3, -0.25) is 9.59 Å². The second-order valence-electron chi connectivity index (χ2n) is 10.7. The molecular weight excluding hydrogens is 444 g/mol. The molecule has 4 aliphatic rings. The first-order valence-electron chi connectivity index (χ1n) is 12.6. The molecule has 0 aromatic heterocycles. The maximum atomic E-state index is 13.2. The quantitative estimate of drug-likeness (QED) is 0.561. The van der Waals surface area contributed by atoms with E-state index >= 15 is 0 Å². The Balaban J connectivity index is 1.07. The average Bonchev–Trinajstić information content (AvgIpc) is 3.42. The average molecular weight is 475 g/mol. The van der Waals surface area contributed by atoms with Crippen LogP contribution in [0.15, 0.2) is 48.5 Å². The van der Waals surface area contributed by atoms with Crippen LogP contribution in [-0.4, -0.2) is 42.3 Å². The van der Waals surface area contributed by atoms with Crippen LogP contribution < -0.4 is 10.6 Å². The Morgan fingerprint density at radius 3 is 2.14 bits per heavy atom. The number of hydrogen-bond acceptors (Lipinski definition) is 4. The van der Waals surface area contributed by atoms with Crippen LogP contribution in [0.2, 0.25) is 0 Å². The van der Waals surface area contributed by atoms with E-state index in [1.807, 2.05) is 24.3 Å².